The van der Waals surface area contributed by atoms with Crippen LogP contribution in [0.5, 0.6) is 0 Å². The molecule has 1 aromatic heterocycles. The molecule has 3 N–H and O–H groups in total. The summed E-state index contributed by atoms with van der Waals surface area (Å²) in [4.78, 5) is 12.6. The van der Waals surface area contributed by atoms with Crippen LogP contribution in [0.3, 0.4) is 0 Å². The smallest absolute Gasteiger partial charge is 0.234 e. The molecule has 6 nitrogen and oxygen atoms in total. The lowest BCUT2D eigenvalue weighted by Crippen LogP contribution is -2.47. The van der Waals surface area contributed by atoms with E-state index in [1.807, 2.05) is 6.92 Å². The molecular weight excluding hydrogens is 244 g/mol. The highest BCUT2D eigenvalue weighted by Gasteiger charge is 2.40. The first-order valence-corrected chi connectivity index (χ1v) is 6.75. The number of rotatable bonds is 5. The van der Waals surface area contributed by atoms with Crippen LogP contribution in [-0.4, -0.2) is 42.9 Å². The van der Waals surface area contributed by atoms with Gasteiger partial charge >= 0.3 is 0 Å². The lowest BCUT2D eigenvalue weighted by atomic mass is 9.78. The Morgan fingerprint density at radius 3 is 2.89 bits per heavy atom. The third kappa shape index (κ3) is 2.96. The first-order valence-electron chi connectivity index (χ1n) is 6.75. The number of amides is 1. The second kappa shape index (κ2) is 6.16. The van der Waals surface area contributed by atoms with Gasteiger partial charge in [-0.1, -0.05) is 6.92 Å². The molecule has 0 aromatic carbocycles. The van der Waals surface area contributed by atoms with Crippen LogP contribution in [0.15, 0.2) is 6.20 Å². The van der Waals surface area contributed by atoms with Crippen LogP contribution in [0.1, 0.15) is 25.3 Å². The molecule has 2 heterocycles. The Balaban J connectivity index is 2.11. The quantitative estimate of drug-likeness (QED) is 0.740. The van der Waals surface area contributed by atoms with Crippen LogP contribution in [0, 0.1) is 5.41 Å². The number of nitrogens with zero attached hydrogens (tertiary/aromatic N) is 1. The van der Waals surface area contributed by atoms with Crippen molar-refractivity contribution in [1.82, 2.24) is 15.5 Å². The fourth-order valence-corrected chi connectivity index (χ4v) is 2.55. The molecule has 6 heteroatoms. The number of ether oxygens (including phenoxy) is 1. The van der Waals surface area contributed by atoms with Crippen LogP contribution >= 0.6 is 0 Å². The maximum atomic E-state index is 12.6. The average Bonchev–Trinajstić information content (AvgIpc) is 2.87. The van der Waals surface area contributed by atoms with Gasteiger partial charge in [-0.25, -0.2) is 0 Å². The third-order valence-corrected chi connectivity index (χ3v) is 3.80. The van der Waals surface area contributed by atoms with Crippen LogP contribution in [0.2, 0.25) is 0 Å². The number of aromatic nitrogens is 2. The monoisotopic (exact) mass is 266 g/mol. The molecule has 0 saturated carbocycles. The molecule has 0 bridgehead atoms. The second-order valence-electron chi connectivity index (χ2n) is 5.04. The molecule has 0 radical (unpaired) electrons. The van der Waals surface area contributed by atoms with Crippen molar-refractivity contribution in [2.24, 2.45) is 5.41 Å². The van der Waals surface area contributed by atoms with Crippen molar-refractivity contribution in [3.63, 3.8) is 0 Å². The summed E-state index contributed by atoms with van der Waals surface area (Å²) in [5.74, 6) is 0.733. The third-order valence-electron chi connectivity index (χ3n) is 3.80. The van der Waals surface area contributed by atoms with E-state index in [-0.39, 0.29) is 5.91 Å². The molecule has 106 valence electrons. The van der Waals surface area contributed by atoms with Crippen molar-refractivity contribution >= 4 is 11.7 Å². The summed E-state index contributed by atoms with van der Waals surface area (Å²) in [6, 6.07) is 0. The predicted molar refractivity (Wildman–Crippen MR) is 73.0 cm³/mol. The number of carbonyl (C=O) groups excluding carboxylic acids is 1. The Morgan fingerprint density at radius 1 is 1.53 bits per heavy atom. The minimum absolute atomic E-state index is 0.0230. The van der Waals surface area contributed by atoms with E-state index in [0.717, 1.165) is 37.9 Å². The minimum Gasteiger partial charge on any atom is -0.384 e. The number of methoxy groups -OCH3 is 1. The van der Waals surface area contributed by atoms with E-state index in [2.05, 4.69) is 20.8 Å². The maximum Gasteiger partial charge on any atom is 0.234 e. The molecule has 1 aromatic rings. The number of aryl methyl sites for hydroxylation is 1. The summed E-state index contributed by atoms with van der Waals surface area (Å²) in [6.07, 6.45) is 4.18. The van der Waals surface area contributed by atoms with Gasteiger partial charge in [-0.2, -0.15) is 5.10 Å². The molecule has 1 saturated heterocycles. The van der Waals surface area contributed by atoms with Crippen molar-refractivity contribution < 1.29 is 9.53 Å². The van der Waals surface area contributed by atoms with Gasteiger partial charge in [0, 0.05) is 12.7 Å². The van der Waals surface area contributed by atoms with E-state index in [4.69, 9.17) is 4.74 Å². The summed E-state index contributed by atoms with van der Waals surface area (Å²) >= 11 is 0. The maximum absolute atomic E-state index is 12.6. The predicted octanol–water partition coefficient (Wildman–Crippen LogP) is 0.927. The van der Waals surface area contributed by atoms with Crippen molar-refractivity contribution in [3.8, 4) is 0 Å². The highest BCUT2D eigenvalue weighted by Crippen LogP contribution is 2.31. The van der Waals surface area contributed by atoms with E-state index < -0.39 is 5.41 Å². The molecule has 1 amide bonds. The summed E-state index contributed by atoms with van der Waals surface area (Å²) < 4.78 is 5.27. The van der Waals surface area contributed by atoms with E-state index in [1.165, 1.54) is 0 Å². The standard InChI is InChI=1S/C13H22N4O2/c1-3-10-8-15-17-11(10)16-12(18)13(9-19-2)4-6-14-7-5-13/h8,14H,3-7,9H2,1-2H3,(H2,15,16,17,18). The number of anilines is 1. The Hall–Kier alpha value is -1.40. The molecule has 0 aliphatic carbocycles. The molecule has 19 heavy (non-hydrogen) atoms. The number of hydrogen-bond acceptors (Lipinski definition) is 4. The van der Waals surface area contributed by atoms with E-state index in [1.54, 1.807) is 13.3 Å². The Morgan fingerprint density at radius 2 is 2.26 bits per heavy atom. The molecule has 0 atom stereocenters. The summed E-state index contributed by atoms with van der Waals surface area (Å²) in [5, 5.41) is 13.1. The topological polar surface area (TPSA) is 79.0 Å². The molecule has 1 aliphatic rings. The van der Waals surface area contributed by atoms with Crippen LogP contribution in [-0.2, 0) is 16.0 Å². The molecule has 0 unspecified atom stereocenters. The van der Waals surface area contributed by atoms with Gasteiger partial charge in [0.1, 0.15) is 5.82 Å². The summed E-state index contributed by atoms with van der Waals surface area (Å²) in [5.41, 5.74) is 0.589. The van der Waals surface area contributed by atoms with Gasteiger partial charge in [-0.05, 0) is 32.4 Å². The van der Waals surface area contributed by atoms with Crippen LogP contribution in [0.25, 0.3) is 0 Å². The molecular formula is C13H22N4O2. The van der Waals surface area contributed by atoms with Crippen LogP contribution < -0.4 is 10.6 Å². The molecule has 2 rings (SSSR count). The van der Waals surface area contributed by atoms with Gasteiger partial charge in [0.15, 0.2) is 0 Å². The first-order chi connectivity index (χ1) is 9.22. The Labute approximate surface area is 113 Å². The highest BCUT2D eigenvalue weighted by molar-refractivity contribution is 5.95. The summed E-state index contributed by atoms with van der Waals surface area (Å²) in [6.45, 7) is 4.19. The van der Waals surface area contributed by atoms with Crippen LogP contribution in [0.4, 0.5) is 5.82 Å². The van der Waals surface area contributed by atoms with Gasteiger partial charge in [-0.3, -0.25) is 9.89 Å². The van der Waals surface area contributed by atoms with E-state index in [9.17, 15) is 4.79 Å². The summed E-state index contributed by atoms with van der Waals surface area (Å²) in [7, 11) is 1.64. The lowest BCUT2D eigenvalue weighted by Gasteiger charge is -2.35. The van der Waals surface area contributed by atoms with Crippen molar-refractivity contribution in [1.29, 1.82) is 0 Å². The van der Waals surface area contributed by atoms with Gasteiger partial charge in [0.2, 0.25) is 5.91 Å². The fourth-order valence-electron chi connectivity index (χ4n) is 2.55. The molecule has 1 aliphatic heterocycles. The highest BCUT2D eigenvalue weighted by atomic mass is 16.5. The number of piperidine rings is 1. The van der Waals surface area contributed by atoms with Gasteiger partial charge in [-0.15, -0.1) is 0 Å². The largest absolute Gasteiger partial charge is 0.384 e. The second-order valence-corrected chi connectivity index (χ2v) is 5.04. The average molecular weight is 266 g/mol. The zero-order valence-corrected chi connectivity index (χ0v) is 11.6. The Kier molecular flexibility index (Phi) is 4.55. The van der Waals surface area contributed by atoms with E-state index in [0.29, 0.717) is 12.4 Å². The van der Waals surface area contributed by atoms with Gasteiger partial charge in [0.05, 0.1) is 18.2 Å². The first kappa shape index (κ1) is 14.0. The van der Waals surface area contributed by atoms with Gasteiger partial charge in [0.25, 0.3) is 0 Å². The van der Waals surface area contributed by atoms with Gasteiger partial charge < -0.3 is 15.4 Å². The zero-order valence-electron chi connectivity index (χ0n) is 11.6. The number of H-pyrrole nitrogens is 1. The number of nitrogens with one attached hydrogen (secondary N) is 3. The minimum atomic E-state index is -0.434. The zero-order chi connectivity index (χ0) is 13.7. The SMILES string of the molecule is CCc1cn[nH]c1NC(=O)C1(COC)CCNCC1. The van der Waals surface area contributed by atoms with Crippen molar-refractivity contribution in [3.05, 3.63) is 11.8 Å². The van der Waals surface area contributed by atoms with E-state index >= 15 is 0 Å². The molecule has 0 spiro atoms. The normalized spacial score (nSPS) is 18.2. The lowest BCUT2D eigenvalue weighted by molar-refractivity contribution is -0.130. The number of aromatic amines is 1. The Bertz CT molecular complexity index is 419. The van der Waals surface area contributed by atoms with Crippen molar-refractivity contribution in [2.75, 3.05) is 32.1 Å². The van der Waals surface area contributed by atoms with Crippen molar-refractivity contribution in [2.45, 2.75) is 26.2 Å². The number of carbonyl (C=O) groups is 1. The molecule has 1 fully saturated rings. The fraction of sp³-hybridized carbons (Fsp3) is 0.692. The number of hydrogen-bond donors (Lipinski definition) is 3.